The molecular formula is C15H22F3N. The highest BCUT2D eigenvalue weighted by atomic mass is 19.4. The second kappa shape index (κ2) is 6.42. The van der Waals surface area contributed by atoms with Gasteiger partial charge in [0.1, 0.15) is 0 Å². The van der Waals surface area contributed by atoms with Gasteiger partial charge in [0.05, 0.1) is 5.56 Å². The van der Waals surface area contributed by atoms with E-state index >= 15 is 0 Å². The highest BCUT2D eigenvalue weighted by Crippen LogP contribution is 2.31. The summed E-state index contributed by atoms with van der Waals surface area (Å²) >= 11 is 0. The first-order chi connectivity index (χ1) is 8.80. The Balaban J connectivity index is 2.76. The summed E-state index contributed by atoms with van der Waals surface area (Å²) in [6.07, 6.45) is -2.48. The van der Waals surface area contributed by atoms with Gasteiger partial charge in [-0.25, -0.2) is 0 Å². The Labute approximate surface area is 113 Å². The van der Waals surface area contributed by atoms with Gasteiger partial charge in [0, 0.05) is 6.54 Å². The lowest BCUT2D eigenvalue weighted by molar-refractivity contribution is -0.137. The molecular weight excluding hydrogens is 251 g/mol. The molecule has 0 fully saturated rings. The number of nitrogens with one attached hydrogen (secondary N) is 1. The Morgan fingerprint density at radius 2 is 1.63 bits per heavy atom. The summed E-state index contributed by atoms with van der Waals surface area (Å²) in [6.45, 7) is 8.10. The van der Waals surface area contributed by atoms with Crippen LogP contribution < -0.4 is 5.32 Å². The van der Waals surface area contributed by atoms with E-state index in [9.17, 15) is 13.2 Å². The fourth-order valence-corrected chi connectivity index (χ4v) is 2.04. The molecule has 0 radical (unpaired) electrons. The summed E-state index contributed by atoms with van der Waals surface area (Å²) in [5.41, 5.74) is 0.451. The van der Waals surface area contributed by atoms with Crippen molar-refractivity contribution in [3.8, 4) is 0 Å². The van der Waals surface area contributed by atoms with Crippen molar-refractivity contribution >= 4 is 0 Å². The van der Waals surface area contributed by atoms with Crippen molar-refractivity contribution in [1.82, 2.24) is 5.32 Å². The maximum Gasteiger partial charge on any atom is 0.416 e. The van der Waals surface area contributed by atoms with E-state index in [-0.39, 0.29) is 5.41 Å². The van der Waals surface area contributed by atoms with Gasteiger partial charge in [-0.2, -0.15) is 13.2 Å². The van der Waals surface area contributed by atoms with Crippen molar-refractivity contribution in [2.75, 3.05) is 13.1 Å². The minimum absolute atomic E-state index is 0.0791. The zero-order chi connectivity index (χ0) is 14.5. The number of benzene rings is 1. The first-order valence-corrected chi connectivity index (χ1v) is 6.67. The van der Waals surface area contributed by atoms with Gasteiger partial charge in [0.2, 0.25) is 0 Å². The lowest BCUT2D eigenvalue weighted by Gasteiger charge is -2.28. The first-order valence-electron chi connectivity index (χ1n) is 6.67. The van der Waals surface area contributed by atoms with E-state index < -0.39 is 11.7 Å². The quantitative estimate of drug-likeness (QED) is 0.816. The molecule has 1 rings (SSSR count). The summed E-state index contributed by atoms with van der Waals surface area (Å²) in [5, 5.41) is 3.32. The number of alkyl halides is 3. The van der Waals surface area contributed by atoms with Gasteiger partial charge in [0.15, 0.2) is 0 Å². The van der Waals surface area contributed by atoms with Crippen molar-refractivity contribution < 1.29 is 13.2 Å². The summed E-state index contributed by atoms with van der Waals surface area (Å²) in [5.74, 6) is 0. The van der Waals surface area contributed by atoms with Crippen LogP contribution >= 0.6 is 0 Å². The highest BCUT2D eigenvalue weighted by molar-refractivity contribution is 5.25. The van der Waals surface area contributed by atoms with E-state index in [4.69, 9.17) is 0 Å². The van der Waals surface area contributed by atoms with Gasteiger partial charge in [-0.1, -0.05) is 32.9 Å². The molecule has 1 aromatic rings. The monoisotopic (exact) mass is 273 g/mol. The molecule has 1 unspecified atom stereocenters. The lowest BCUT2D eigenvalue weighted by Crippen LogP contribution is -2.33. The van der Waals surface area contributed by atoms with Crippen molar-refractivity contribution in [3.63, 3.8) is 0 Å². The molecule has 0 spiro atoms. The Hall–Kier alpha value is -1.03. The van der Waals surface area contributed by atoms with Crippen molar-refractivity contribution in [2.24, 2.45) is 5.41 Å². The van der Waals surface area contributed by atoms with Crippen LogP contribution in [0.25, 0.3) is 0 Å². The Kier molecular flexibility index (Phi) is 5.41. The summed E-state index contributed by atoms with van der Waals surface area (Å²) in [4.78, 5) is 0. The Morgan fingerprint density at radius 3 is 2.05 bits per heavy atom. The van der Waals surface area contributed by atoms with E-state index in [1.165, 1.54) is 12.1 Å². The zero-order valence-electron chi connectivity index (χ0n) is 11.8. The SMILES string of the molecule is CCNCC(C)(CC)Cc1ccc(C(F)(F)F)cc1. The normalized spacial score (nSPS) is 15.3. The highest BCUT2D eigenvalue weighted by Gasteiger charge is 2.30. The smallest absolute Gasteiger partial charge is 0.316 e. The Morgan fingerprint density at radius 1 is 1.05 bits per heavy atom. The Bertz CT molecular complexity index is 383. The second-order valence-electron chi connectivity index (χ2n) is 5.32. The summed E-state index contributed by atoms with van der Waals surface area (Å²) in [6, 6.07) is 5.50. The summed E-state index contributed by atoms with van der Waals surface area (Å²) in [7, 11) is 0. The van der Waals surface area contributed by atoms with E-state index in [2.05, 4.69) is 19.2 Å². The van der Waals surface area contributed by atoms with Gasteiger partial charge in [-0.3, -0.25) is 0 Å². The van der Waals surface area contributed by atoms with E-state index in [1.807, 2.05) is 6.92 Å². The predicted molar refractivity (Wildman–Crippen MR) is 72.1 cm³/mol. The van der Waals surface area contributed by atoms with Crippen molar-refractivity contribution in [3.05, 3.63) is 35.4 Å². The van der Waals surface area contributed by atoms with Crippen LogP contribution in [0, 0.1) is 5.41 Å². The molecule has 0 amide bonds. The van der Waals surface area contributed by atoms with Crippen LogP contribution in [0.3, 0.4) is 0 Å². The van der Waals surface area contributed by atoms with Crippen LogP contribution in [0.4, 0.5) is 13.2 Å². The lowest BCUT2D eigenvalue weighted by atomic mass is 9.81. The minimum Gasteiger partial charge on any atom is -0.316 e. The molecule has 1 N–H and O–H groups in total. The third-order valence-electron chi connectivity index (χ3n) is 3.57. The van der Waals surface area contributed by atoms with Crippen LogP contribution in [0.5, 0.6) is 0 Å². The molecule has 0 aromatic heterocycles. The number of rotatable bonds is 6. The average Bonchev–Trinajstić information content (AvgIpc) is 2.36. The standard InChI is InChI=1S/C15H22F3N/c1-4-14(3,11-19-5-2)10-12-6-8-13(9-7-12)15(16,17)18/h6-9,19H,4-5,10-11H2,1-3H3. The van der Waals surface area contributed by atoms with Crippen molar-refractivity contribution in [1.29, 1.82) is 0 Å². The molecule has 0 heterocycles. The maximum atomic E-state index is 12.5. The summed E-state index contributed by atoms with van der Waals surface area (Å²) < 4.78 is 37.4. The van der Waals surface area contributed by atoms with Gasteiger partial charge in [0.25, 0.3) is 0 Å². The van der Waals surface area contributed by atoms with Gasteiger partial charge < -0.3 is 5.32 Å². The maximum absolute atomic E-state index is 12.5. The van der Waals surface area contributed by atoms with Crippen LogP contribution in [-0.2, 0) is 12.6 Å². The molecule has 0 aliphatic carbocycles. The molecule has 1 nitrogen and oxygen atoms in total. The molecule has 4 heteroatoms. The predicted octanol–water partition coefficient (Wildman–Crippen LogP) is 4.27. The van der Waals surface area contributed by atoms with Gasteiger partial charge in [-0.05, 0) is 42.5 Å². The molecule has 0 bridgehead atoms. The molecule has 0 saturated heterocycles. The average molecular weight is 273 g/mol. The molecule has 0 aliphatic heterocycles. The van der Waals surface area contributed by atoms with Crippen LogP contribution in [0.15, 0.2) is 24.3 Å². The molecule has 19 heavy (non-hydrogen) atoms. The molecule has 1 aromatic carbocycles. The number of hydrogen-bond donors (Lipinski definition) is 1. The van der Waals surface area contributed by atoms with Gasteiger partial charge >= 0.3 is 6.18 Å². The molecule has 0 saturated carbocycles. The van der Waals surface area contributed by atoms with Crippen LogP contribution in [-0.4, -0.2) is 13.1 Å². The fraction of sp³-hybridized carbons (Fsp3) is 0.600. The zero-order valence-corrected chi connectivity index (χ0v) is 11.8. The second-order valence-corrected chi connectivity index (χ2v) is 5.32. The number of halogens is 3. The largest absolute Gasteiger partial charge is 0.416 e. The number of hydrogen-bond acceptors (Lipinski definition) is 1. The fourth-order valence-electron chi connectivity index (χ4n) is 2.04. The molecule has 108 valence electrons. The first kappa shape index (κ1) is 16.0. The van der Waals surface area contributed by atoms with Gasteiger partial charge in [-0.15, -0.1) is 0 Å². The third-order valence-corrected chi connectivity index (χ3v) is 3.57. The third kappa shape index (κ3) is 4.86. The van der Waals surface area contributed by atoms with Crippen LogP contribution in [0.1, 0.15) is 38.3 Å². The van der Waals surface area contributed by atoms with E-state index in [0.29, 0.717) is 0 Å². The molecule has 0 aliphatic rings. The molecule has 1 atom stereocenters. The van der Waals surface area contributed by atoms with Crippen molar-refractivity contribution in [2.45, 2.75) is 39.8 Å². The topological polar surface area (TPSA) is 12.0 Å². The van der Waals surface area contributed by atoms with Crippen LogP contribution in [0.2, 0.25) is 0 Å². The minimum atomic E-state index is -4.25. The van der Waals surface area contributed by atoms with E-state index in [1.54, 1.807) is 12.1 Å². The van der Waals surface area contributed by atoms with E-state index in [0.717, 1.165) is 31.5 Å².